The van der Waals surface area contributed by atoms with Crippen molar-refractivity contribution in [3.05, 3.63) is 92.5 Å². The van der Waals surface area contributed by atoms with Gasteiger partial charge < -0.3 is 10.1 Å². The molecule has 30 heavy (non-hydrogen) atoms. The number of ether oxygens (including phenoxy) is 1. The average Bonchev–Trinajstić information content (AvgIpc) is 2.74. The van der Waals surface area contributed by atoms with Crippen molar-refractivity contribution in [2.75, 3.05) is 12.4 Å². The molecule has 0 fully saturated rings. The van der Waals surface area contributed by atoms with Gasteiger partial charge in [0.25, 0.3) is 17.3 Å². The first-order valence-electron chi connectivity index (χ1n) is 8.54. The highest BCUT2D eigenvalue weighted by molar-refractivity contribution is 7.99. The Morgan fingerprint density at radius 2 is 1.57 bits per heavy atom. The van der Waals surface area contributed by atoms with Crippen LogP contribution >= 0.6 is 11.8 Å². The van der Waals surface area contributed by atoms with E-state index in [2.05, 4.69) is 5.32 Å². The highest BCUT2D eigenvalue weighted by Crippen LogP contribution is 2.34. The molecule has 0 radical (unpaired) electrons. The third-order valence-electron chi connectivity index (χ3n) is 4.05. The van der Waals surface area contributed by atoms with Crippen molar-refractivity contribution in [1.29, 1.82) is 0 Å². The van der Waals surface area contributed by atoms with Crippen LogP contribution in [0.15, 0.2) is 76.5 Å². The van der Waals surface area contributed by atoms with Gasteiger partial charge in [0.1, 0.15) is 5.75 Å². The molecule has 3 rings (SSSR count). The first-order chi connectivity index (χ1) is 14.4. The van der Waals surface area contributed by atoms with Crippen LogP contribution in [0, 0.1) is 20.2 Å². The lowest BCUT2D eigenvalue weighted by Gasteiger charge is -2.12. The number of nitro groups is 2. The Bertz CT molecular complexity index is 1120. The van der Waals surface area contributed by atoms with Crippen LogP contribution in [-0.2, 0) is 0 Å². The largest absolute Gasteiger partial charge is 0.495 e. The SMILES string of the molecule is COc1ccccc1NC(=O)c1cc([N+](=O)[O-])ccc1Sc1ccc([N+](=O)[O-])cc1. The predicted molar refractivity (Wildman–Crippen MR) is 111 cm³/mol. The standard InChI is InChI=1S/C20H15N3O6S/c1-29-18-5-3-2-4-17(18)21-20(24)16-12-14(23(27)28)8-11-19(16)30-15-9-6-13(7-10-15)22(25)26/h2-12H,1H3,(H,21,24). The van der Waals surface area contributed by atoms with Gasteiger partial charge in [0, 0.05) is 34.1 Å². The van der Waals surface area contributed by atoms with Crippen molar-refractivity contribution in [1.82, 2.24) is 0 Å². The summed E-state index contributed by atoms with van der Waals surface area (Å²) >= 11 is 1.17. The van der Waals surface area contributed by atoms with Gasteiger partial charge in [-0.3, -0.25) is 25.0 Å². The summed E-state index contributed by atoms with van der Waals surface area (Å²) < 4.78 is 5.22. The Morgan fingerprint density at radius 3 is 2.20 bits per heavy atom. The Morgan fingerprint density at radius 1 is 0.933 bits per heavy atom. The second-order valence-electron chi connectivity index (χ2n) is 5.95. The molecule has 9 nitrogen and oxygen atoms in total. The third-order valence-corrected chi connectivity index (χ3v) is 5.13. The van der Waals surface area contributed by atoms with Crippen LogP contribution in [0.5, 0.6) is 5.75 Å². The summed E-state index contributed by atoms with van der Waals surface area (Å²) in [7, 11) is 1.47. The van der Waals surface area contributed by atoms with E-state index in [9.17, 15) is 25.0 Å². The van der Waals surface area contributed by atoms with Crippen LogP contribution in [0.25, 0.3) is 0 Å². The number of rotatable bonds is 7. The number of hydrogen-bond donors (Lipinski definition) is 1. The van der Waals surface area contributed by atoms with Gasteiger partial charge in [-0.05, 0) is 30.3 Å². The lowest BCUT2D eigenvalue weighted by Crippen LogP contribution is -2.14. The van der Waals surface area contributed by atoms with Gasteiger partial charge in [-0.25, -0.2) is 0 Å². The maximum absolute atomic E-state index is 12.9. The van der Waals surface area contributed by atoms with Gasteiger partial charge in [0.15, 0.2) is 0 Å². The summed E-state index contributed by atoms with van der Waals surface area (Å²) in [5.41, 5.74) is 0.228. The van der Waals surface area contributed by atoms with E-state index in [-0.39, 0.29) is 16.9 Å². The van der Waals surface area contributed by atoms with Crippen LogP contribution in [-0.4, -0.2) is 22.9 Å². The minimum absolute atomic E-state index is 0.0582. The first kappa shape index (κ1) is 20.8. The summed E-state index contributed by atoms with van der Waals surface area (Å²) in [4.78, 5) is 34.9. The number of carbonyl (C=O) groups excluding carboxylic acids is 1. The van der Waals surface area contributed by atoms with E-state index < -0.39 is 15.8 Å². The average molecular weight is 425 g/mol. The van der Waals surface area contributed by atoms with E-state index in [0.29, 0.717) is 21.2 Å². The molecule has 0 aliphatic rings. The first-order valence-corrected chi connectivity index (χ1v) is 9.36. The van der Waals surface area contributed by atoms with Crippen molar-refractivity contribution in [3.8, 4) is 5.75 Å². The molecule has 0 aromatic heterocycles. The van der Waals surface area contributed by atoms with E-state index in [1.807, 2.05) is 0 Å². The zero-order valence-electron chi connectivity index (χ0n) is 15.6. The summed E-state index contributed by atoms with van der Waals surface area (Å²) in [5, 5.41) is 24.7. The van der Waals surface area contributed by atoms with Gasteiger partial charge in [-0.2, -0.15) is 0 Å². The Hall–Kier alpha value is -3.92. The number of non-ortho nitro benzene ring substituents is 2. The number of methoxy groups -OCH3 is 1. The van der Waals surface area contributed by atoms with E-state index in [1.165, 1.54) is 49.2 Å². The number of nitrogens with zero attached hydrogens (tertiary/aromatic N) is 2. The molecule has 10 heteroatoms. The minimum Gasteiger partial charge on any atom is -0.495 e. The van der Waals surface area contributed by atoms with E-state index >= 15 is 0 Å². The van der Waals surface area contributed by atoms with Crippen LogP contribution in [0.4, 0.5) is 17.1 Å². The zero-order chi connectivity index (χ0) is 21.7. The zero-order valence-corrected chi connectivity index (χ0v) is 16.4. The van der Waals surface area contributed by atoms with Gasteiger partial charge >= 0.3 is 0 Å². The molecule has 152 valence electrons. The number of carbonyl (C=O) groups is 1. The maximum atomic E-state index is 12.9. The molecule has 0 saturated heterocycles. The second-order valence-corrected chi connectivity index (χ2v) is 7.06. The molecular formula is C20H15N3O6S. The fourth-order valence-electron chi connectivity index (χ4n) is 2.60. The number of para-hydroxylation sites is 2. The van der Waals surface area contributed by atoms with Crippen molar-refractivity contribution >= 4 is 34.7 Å². The van der Waals surface area contributed by atoms with Crippen LogP contribution < -0.4 is 10.1 Å². The summed E-state index contributed by atoms with van der Waals surface area (Å²) in [6.07, 6.45) is 0. The topological polar surface area (TPSA) is 125 Å². The second kappa shape index (κ2) is 9.05. The van der Waals surface area contributed by atoms with Crippen molar-refractivity contribution in [2.45, 2.75) is 9.79 Å². The quantitative estimate of drug-likeness (QED) is 0.421. The number of hydrogen-bond acceptors (Lipinski definition) is 7. The number of nitrogens with one attached hydrogen (secondary N) is 1. The molecule has 0 saturated carbocycles. The molecule has 1 amide bonds. The number of anilines is 1. The lowest BCUT2D eigenvalue weighted by molar-refractivity contribution is -0.385. The molecule has 0 aliphatic carbocycles. The highest BCUT2D eigenvalue weighted by atomic mass is 32.2. The third kappa shape index (κ3) is 4.73. The van der Waals surface area contributed by atoms with Gasteiger partial charge in [-0.15, -0.1) is 0 Å². The molecule has 0 spiro atoms. The molecule has 0 heterocycles. The Balaban J connectivity index is 1.94. The monoisotopic (exact) mass is 425 g/mol. The summed E-state index contributed by atoms with van der Waals surface area (Å²) in [6.45, 7) is 0. The maximum Gasteiger partial charge on any atom is 0.270 e. The van der Waals surface area contributed by atoms with Gasteiger partial charge in [0.2, 0.25) is 0 Å². The fraction of sp³-hybridized carbons (Fsp3) is 0.0500. The number of amides is 1. The molecular weight excluding hydrogens is 410 g/mol. The molecule has 1 N–H and O–H groups in total. The van der Waals surface area contributed by atoms with Crippen LogP contribution in [0.1, 0.15) is 10.4 Å². The lowest BCUT2D eigenvalue weighted by atomic mass is 10.1. The van der Waals surface area contributed by atoms with Crippen LogP contribution in [0.2, 0.25) is 0 Å². The molecule has 0 aliphatic heterocycles. The minimum atomic E-state index is -0.583. The normalized spacial score (nSPS) is 10.3. The fourth-order valence-corrected chi connectivity index (χ4v) is 3.52. The number of benzene rings is 3. The van der Waals surface area contributed by atoms with Crippen molar-refractivity contribution in [2.24, 2.45) is 0 Å². The molecule has 3 aromatic carbocycles. The predicted octanol–water partition coefficient (Wildman–Crippen LogP) is 4.92. The number of nitro benzene ring substituents is 2. The summed E-state index contributed by atoms with van der Waals surface area (Å²) in [6, 6.07) is 16.6. The Kier molecular flexibility index (Phi) is 6.28. The molecule has 3 aromatic rings. The van der Waals surface area contributed by atoms with Gasteiger partial charge in [-0.1, -0.05) is 23.9 Å². The molecule has 0 unspecified atom stereocenters. The highest BCUT2D eigenvalue weighted by Gasteiger charge is 2.19. The summed E-state index contributed by atoms with van der Waals surface area (Å²) in [5.74, 6) is -0.103. The van der Waals surface area contributed by atoms with E-state index in [4.69, 9.17) is 4.74 Å². The van der Waals surface area contributed by atoms with Crippen molar-refractivity contribution < 1.29 is 19.4 Å². The molecule has 0 atom stereocenters. The van der Waals surface area contributed by atoms with E-state index in [1.54, 1.807) is 36.4 Å². The van der Waals surface area contributed by atoms with Gasteiger partial charge in [0.05, 0.1) is 28.2 Å². The smallest absolute Gasteiger partial charge is 0.270 e. The van der Waals surface area contributed by atoms with E-state index in [0.717, 1.165) is 0 Å². The Labute approximate surface area is 175 Å². The molecule has 0 bridgehead atoms. The van der Waals surface area contributed by atoms with Crippen molar-refractivity contribution in [3.63, 3.8) is 0 Å². The van der Waals surface area contributed by atoms with Crippen LogP contribution in [0.3, 0.4) is 0 Å².